The van der Waals surface area contributed by atoms with E-state index >= 15 is 0 Å². The fraction of sp³-hybridized carbons (Fsp3) is 0.391. The molecule has 7 heteroatoms. The van der Waals surface area contributed by atoms with Crippen LogP contribution in [0.2, 0.25) is 0 Å². The lowest BCUT2D eigenvalue weighted by molar-refractivity contribution is -0.918. The molecule has 1 saturated heterocycles. The zero-order valence-corrected chi connectivity index (χ0v) is 17.9. The van der Waals surface area contributed by atoms with Crippen LogP contribution in [0.3, 0.4) is 0 Å². The summed E-state index contributed by atoms with van der Waals surface area (Å²) in [5, 5.41) is 5.46. The number of benzene rings is 2. The topological polar surface area (TPSA) is 75.1 Å². The molecule has 160 valence electrons. The Bertz CT molecular complexity index is 844. The largest absolute Gasteiger partial charge is 0.497 e. The number of anilines is 2. The molecule has 0 saturated carbocycles. The van der Waals surface area contributed by atoms with Crippen LogP contribution in [0.1, 0.15) is 24.4 Å². The first-order chi connectivity index (χ1) is 14.5. The molecule has 3 N–H and O–H groups in total. The molecule has 0 radical (unpaired) electrons. The van der Waals surface area contributed by atoms with Crippen LogP contribution in [-0.4, -0.2) is 52.7 Å². The van der Waals surface area contributed by atoms with Gasteiger partial charge in [-0.25, -0.2) is 0 Å². The monoisotopic (exact) mass is 411 g/mol. The van der Waals surface area contributed by atoms with Gasteiger partial charge in [0.25, 0.3) is 0 Å². The zero-order valence-electron chi connectivity index (χ0n) is 17.9. The molecular weight excluding hydrogens is 380 g/mol. The minimum absolute atomic E-state index is 0.126. The van der Waals surface area contributed by atoms with Gasteiger partial charge in [0.05, 0.1) is 26.7 Å². The van der Waals surface area contributed by atoms with Gasteiger partial charge in [-0.05, 0) is 36.4 Å². The Morgan fingerprint density at radius 3 is 2.20 bits per heavy atom. The van der Waals surface area contributed by atoms with Crippen LogP contribution in [0, 0.1) is 0 Å². The molecule has 1 atom stereocenters. The van der Waals surface area contributed by atoms with E-state index in [1.807, 2.05) is 14.1 Å². The van der Waals surface area contributed by atoms with Crippen LogP contribution in [0.5, 0.6) is 5.75 Å². The molecule has 0 aromatic heterocycles. The Balaban J connectivity index is 1.62. The van der Waals surface area contributed by atoms with Crippen LogP contribution >= 0.6 is 0 Å². The SMILES string of the molecule is COc1ccc(NC(=O)C(=O)NC[C@H](c2ccc(N(C)C)cc2)[NH+]2CCCC2)cc1. The molecule has 0 bridgehead atoms. The van der Waals surface area contributed by atoms with E-state index in [1.54, 1.807) is 31.4 Å². The van der Waals surface area contributed by atoms with E-state index in [9.17, 15) is 9.59 Å². The molecule has 1 aliphatic heterocycles. The molecule has 3 rings (SSSR count). The zero-order chi connectivity index (χ0) is 21.5. The minimum Gasteiger partial charge on any atom is -0.497 e. The van der Waals surface area contributed by atoms with E-state index in [1.165, 1.54) is 23.3 Å². The number of quaternary nitrogens is 1. The van der Waals surface area contributed by atoms with E-state index in [0.29, 0.717) is 18.0 Å². The van der Waals surface area contributed by atoms with E-state index < -0.39 is 11.8 Å². The number of nitrogens with one attached hydrogen (secondary N) is 3. The number of methoxy groups -OCH3 is 1. The van der Waals surface area contributed by atoms with Crippen molar-refractivity contribution in [2.24, 2.45) is 0 Å². The van der Waals surface area contributed by atoms with E-state index in [4.69, 9.17) is 4.74 Å². The van der Waals surface area contributed by atoms with Crippen LogP contribution < -0.4 is 25.2 Å². The van der Waals surface area contributed by atoms with Gasteiger partial charge in [-0.15, -0.1) is 0 Å². The molecule has 1 aliphatic rings. The van der Waals surface area contributed by atoms with Gasteiger partial charge >= 0.3 is 11.8 Å². The average molecular weight is 412 g/mol. The van der Waals surface area contributed by atoms with Gasteiger partial charge in [0.15, 0.2) is 0 Å². The number of likely N-dealkylation sites (tertiary alicyclic amines) is 1. The Morgan fingerprint density at radius 1 is 1.00 bits per heavy atom. The maximum atomic E-state index is 12.4. The number of carbonyl (C=O) groups excluding carboxylic acids is 2. The van der Waals surface area contributed by atoms with Crippen LogP contribution in [0.15, 0.2) is 48.5 Å². The number of rotatable bonds is 7. The Hall–Kier alpha value is -3.06. The van der Waals surface area contributed by atoms with Gasteiger partial charge in [-0.3, -0.25) is 9.59 Å². The van der Waals surface area contributed by atoms with Crippen LogP contribution in [0.25, 0.3) is 0 Å². The molecular formula is C23H31N4O3+. The fourth-order valence-corrected chi connectivity index (χ4v) is 3.82. The molecule has 1 fully saturated rings. The lowest BCUT2D eigenvalue weighted by atomic mass is 10.0. The lowest BCUT2D eigenvalue weighted by Crippen LogP contribution is -3.11. The summed E-state index contributed by atoms with van der Waals surface area (Å²) in [5.74, 6) is -0.605. The normalized spacial score (nSPS) is 14.8. The second kappa shape index (κ2) is 10.1. The highest BCUT2D eigenvalue weighted by Crippen LogP contribution is 2.17. The number of hydrogen-bond donors (Lipinski definition) is 3. The van der Waals surface area contributed by atoms with Crippen molar-refractivity contribution in [3.05, 3.63) is 54.1 Å². The first-order valence-electron chi connectivity index (χ1n) is 10.3. The van der Waals surface area contributed by atoms with Gasteiger partial charge < -0.3 is 25.2 Å². The van der Waals surface area contributed by atoms with Gasteiger partial charge in [-0.1, -0.05) is 12.1 Å². The molecule has 0 aliphatic carbocycles. The molecule has 2 aromatic carbocycles. The van der Waals surface area contributed by atoms with E-state index in [2.05, 4.69) is 39.8 Å². The quantitative estimate of drug-likeness (QED) is 0.600. The average Bonchev–Trinajstić information content (AvgIpc) is 3.29. The summed E-state index contributed by atoms with van der Waals surface area (Å²) in [6.45, 7) is 2.58. The number of ether oxygens (including phenoxy) is 1. The summed E-state index contributed by atoms with van der Waals surface area (Å²) in [7, 11) is 5.60. The number of hydrogen-bond acceptors (Lipinski definition) is 4. The predicted octanol–water partition coefficient (Wildman–Crippen LogP) is 1.24. The third kappa shape index (κ3) is 5.51. The third-order valence-electron chi connectivity index (χ3n) is 5.57. The maximum absolute atomic E-state index is 12.4. The number of amides is 2. The molecule has 30 heavy (non-hydrogen) atoms. The predicted molar refractivity (Wildman–Crippen MR) is 118 cm³/mol. The summed E-state index contributed by atoms with van der Waals surface area (Å²) in [6.07, 6.45) is 2.38. The first-order valence-corrected chi connectivity index (χ1v) is 10.3. The third-order valence-corrected chi connectivity index (χ3v) is 5.57. The highest BCUT2D eigenvalue weighted by atomic mass is 16.5. The highest BCUT2D eigenvalue weighted by Gasteiger charge is 2.28. The molecule has 0 spiro atoms. The highest BCUT2D eigenvalue weighted by molar-refractivity contribution is 6.39. The lowest BCUT2D eigenvalue weighted by Gasteiger charge is -2.25. The minimum atomic E-state index is -0.668. The van der Waals surface area contributed by atoms with Crippen molar-refractivity contribution in [1.82, 2.24) is 5.32 Å². The number of nitrogens with zero attached hydrogens (tertiary/aromatic N) is 1. The summed E-state index contributed by atoms with van der Waals surface area (Å²) in [5.41, 5.74) is 2.86. The second-order valence-electron chi connectivity index (χ2n) is 7.80. The van der Waals surface area contributed by atoms with Gasteiger partial charge in [0.1, 0.15) is 11.8 Å². The van der Waals surface area contributed by atoms with Crippen molar-refractivity contribution in [3.8, 4) is 5.75 Å². The van der Waals surface area contributed by atoms with Gasteiger partial charge in [0, 0.05) is 43.9 Å². The molecule has 2 aromatic rings. The molecule has 2 amide bonds. The summed E-state index contributed by atoms with van der Waals surface area (Å²) in [6, 6.07) is 15.4. The summed E-state index contributed by atoms with van der Waals surface area (Å²) in [4.78, 5) is 28.2. The Kier molecular flexibility index (Phi) is 7.30. The van der Waals surface area contributed by atoms with Gasteiger partial charge in [0.2, 0.25) is 0 Å². The fourth-order valence-electron chi connectivity index (χ4n) is 3.82. The van der Waals surface area contributed by atoms with Crippen molar-refractivity contribution in [2.45, 2.75) is 18.9 Å². The van der Waals surface area contributed by atoms with Gasteiger partial charge in [-0.2, -0.15) is 0 Å². The Labute approximate surface area is 178 Å². The van der Waals surface area contributed by atoms with Crippen LogP contribution in [0.4, 0.5) is 11.4 Å². The van der Waals surface area contributed by atoms with Crippen molar-refractivity contribution in [3.63, 3.8) is 0 Å². The summed E-state index contributed by atoms with van der Waals surface area (Å²) >= 11 is 0. The van der Waals surface area contributed by atoms with Crippen LogP contribution in [-0.2, 0) is 9.59 Å². The smallest absolute Gasteiger partial charge is 0.313 e. The van der Waals surface area contributed by atoms with Crippen molar-refractivity contribution < 1.29 is 19.2 Å². The maximum Gasteiger partial charge on any atom is 0.313 e. The van der Waals surface area contributed by atoms with Crippen molar-refractivity contribution >= 4 is 23.2 Å². The standard InChI is InChI=1S/C23H30N4O3/c1-26(2)19-10-6-17(7-11-19)21(27-14-4-5-15-27)16-24-22(28)23(29)25-18-8-12-20(30-3)13-9-18/h6-13,21H,4-5,14-16H2,1-3H3,(H,24,28)(H,25,29)/p+1/t21-/m1/s1. The molecule has 0 unspecified atom stereocenters. The second-order valence-corrected chi connectivity index (χ2v) is 7.80. The van der Waals surface area contributed by atoms with Crippen molar-refractivity contribution in [1.29, 1.82) is 0 Å². The van der Waals surface area contributed by atoms with Crippen molar-refractivity contribution in [2.75, 3.05) is 51.1 Å². The van der Waals surface area contributed by atoms with E-state index in [-0.39, 0.29) is 6.04 Å². The summed E-state index contributed by atoms with van der Waals surface area (Å²) < 4.78 is 5.10. The first kappa shape index (κ1) is 21.6. The van der Waals surface area contributed by atoms with E-state index in [0.717, 1.165) is 18.8 Å². The number of carbonyl (C=O) groups is 2. The Morgan fingerprint density at radius 2 is 1.63 bits per heavy atom. The molecule has 1 heterocycles. The molecule has 7 nitrogen and oxygen atoms in total.